The zero-order chi connectivity index (χ0) is 13.8. The van der Waals surface area contributed by atoms with Gasteiger partial charge in [0.05, 0.1) is 12.1 Å². The lowest BCUT2D eigenvalue weighted by Gasteiger charge is -2.32. The van der Waals surface area contributed by atoms with Crippen molar-refractivity contribution >= 4 is 5.78 Å². The minimum absolute atomic E-state index is 0.00685. The SMILES string of the molecule is CC(C#N)N1CCC(C(=O)c2ccc(F)cc2)CC1. The second kappa shape index (κ2) is 5.94. The maximum absolute atomic E-state index is 12.8. The fraction of sp³-hybridized carbons (Fsp3) is 0.467. The molecular formula is C15H17FN2O. The van der Waals surface area contributed by atoms with Crippen LogP contribution in [0.5, 0.6) is 0 Å². The molecule has 0 aromatic heterocycles. The molecule has 3 nitrogen and oxygen atoms in total. The van der Waals surface area contributed by atoms with E-state index >= 15 is 0 Å². The van der Waals surface area contributed by atoms with Crippen molar-refractivity contribution < 1.29 is 9.18 Å². The van der Waals surface area contributed by atoms with E-state index in [2.05, 4.69) is 11.0 Å². The van der Waals surface area contributed by atoms with Crippen molar-refractivity contribution in [3.8, 4) is 6.07 Å². The Morgan fingerprint density at radius 2 is 1.95 bits per heavy atom. The first-order valence-corrected chi connectivity index (χ1v) is 6.55. The van der Waals surface area contributed by atoms with Crippen molar-refractivity contribution in [1.82, 2.24) is 4.90 Å². The number of benzene rings is 1. The highest BCUT2D eigenvalue weighted by Gasteiger charge is 2.27. The summed E-state index contributed by atoms with van der Waals surface area (Å²) in [5.74, 6) is -0.244. The summed E-state index contributed by atoms with van der Waals surface area (Å²) in [6.07, 6.45) is 1.53. The van der Waals surface area contributed by atoms with Crippen LogP contribution in [0.2, 0.25) is 0 Å². The summed E-state index contributed by atoms with van der Waals surface area (Å²) in [6.45, 7) is 3.42. The minimum atomic E-state index is -0.325. The van der Waals surface area contributed by atoms with Crippen LogP contribution in [0.3, 0.4) is 0 Å². The molecule has 1 heterocycles. The maximum atomic E-state index is 12.8. The van der Waals surface area contributed by atoms with Gasteiger partial charge in [0.25, 0.3) is 0 Å². The van der Waals surface area contributed by atoms with Gasteiger partial charge >= 0.3 is 0 Å². The molecule has 1 aliphatic rings. The first-order chi connectivity index (χ1) is 9.11. The number of nitriles is 1. The Balaban J connectivity index is 1.96. The molecule has 19 heavy (non-hydrogen) atoms. The Labute approximate surface area is 112 Å². The van der Waals surface area contributed by atoms with Gasteiger partial charge in [0.1, 0.15) is 5.82 Å². The molecule has 100 valence electrons. The summed E-state index contributed by atoms with van der Waals surface area (Å²) in [4.78, 5) is 14.3. The quantitative estimate of drug-likeness (QED) is 0.785. The number of carbonyl (C=O) groups is 1. The molecule has 0 aliphatic carbocycles. The molecule has 1 unspecified atom stereocenters. The lowest BCUT2D eigenvalue weighted by molar-refractivity contribution is 0.0826. The van der Waals surface area contributed by atoms with Gasteiger partial charge in [-0.25, -0.2) is 4.39 Å². The number of likely N-dealkylation sites (tertiary alicyclic amines) is 1. The number of halogens is 1. The number of hydrogen-bond donors (Lipinski definition) is 0. The Morgan fingerprint density at radius 3 is 2.47 bits per heavy atom. The number of piperidine rings is 1. The normalized spacial score (nSPS) is 18.8. The van der Waals surface area contributed by atoms with Crippen LogP contribution >= 0.6 is 0 Å². The lowest BCUT2D eigenvalue weighted by atomic mass is 9.88. The van der Waals surface area contributed by atoms with Crippen LogP contribution in [-0.2, 0) is 0 Å². The summed E-state index contributed by atoms with van der Waals surface area (Å²) in [6, 6.07) is 7.85. The maximum Gasteiger partial charge on any atom is 0.166 e. The molecule has 0 amide bonds. The van der Waals surface area contributed by atoms with Crippen LogP contribution in [0.15, 0.2) is 24.3 Å². The first kappa shape index (κ1) is 13.7. The van der Waals surface area contributed by atoms with Gasteiger partial charge in [0.15, 0.2) is 5.78 Å². The molecule has 1 saturated heterocycles. The van der Waals surface area contributed by atoms with Gasteiger partial charge in [-0.15, -0.1) is 0 Å². The van der Waals surface area contributed by atoms with Crippen LogP contribution in [-0.4, -0.2) is 29.8 Å². The smallest absolute Gasteiger partial charge is 0.166 e. The van der Waals surface area contributed by atoms with Crippen molar-refractivity contribution in [2.24, 2.45) is 5.92 Å². The zero-order valence-electron chi connectivity index (χ0n) is 11.0. The van der Waals surface area contributed by atoms with Crippen LogP contribution in [0, 0.1) is 23.1 Å². The molecule has 0 radical (unpaired) electrons. The Hall–Kier alpha value is -1.73. The van der Waals surface area contributed by atoms with Crippen LogP contribution < -0.4 is 0 Å². The van der Waals surface area contributed by atoms with Gasteiger partial charge in [-0.05, 0) is 44.0 Å². The number of Topliss-reactive ketones (excluding diaryl/α,β-unsaturated/α-hetero) is 1. The standard InChI is InChI=1S/C15H17FN2O/c1-11(10-17)18-8-6-13(7-9-18)15(19)12-2-4-14(16)5-3-12/h2-5,11,13H,6-9H2,1H3. The van der Waals surface area contributed by atoms with Gasteiger partial charge in [0, 0.05) is 24.6 Å². The summed E-state index contributed by atoms with van der Waals surface area (Å²) < 4.78 is 12.8. The number of rotatable bonds is 3. The third-order valence-electron chi connectivity index (χ3n) is 3.76. The first-order valence-electron chi connectivity index (χ1n) is 6.55. The van der Waals surface area contributed by atoms with Crippen LogP contribution in [0.4, 0.5) is 4.39 Å². The highest BCUT2D eigenvalue weighted by Crippen LogP contribution is 2.23. The fourth-order valence-corrected chi connectivity index (χ4v) is 2.48. The van der Waals surface area contributed by atoms with Gasteiger partial charge < -0.3 is 0 Å². The van der Waals surface area contributed by atoms with Crippen LogP contribution in [0.25, 0.3) is 0 Å². The Kier molecular flexibility index (Phi) is 4.28. The van der Waals surface area contributed by atoms with Crippen molar-refractivity contribution in [2.45, 2.75) is 25.8 Å². The van der Waals surface area contributed by atoms with E-state index in [0.717, 1.165) is 25.9 Å². The van der Waals surface area contributed by atoms with Crippen molar-refractivity contribution in [1.29, 1.82) is 5.26 Å². The van der Waals surface area contributed by atoms with Crippen molar-refractivity contribution in [3.05, 3.63) is 35.6 Å². The molecule has 1 aromatic carbocycles. The number of ketones is 1. The Bertz CT molecular complexity index is 484. The molecule has 2 rings (SSSR count). The largest absolute Gasteiger partial charge is 0.294 e. The molecule has 1 atom stereocenters. The molecule has 1 aliphatic heterocycles. The summed E-state index contributed by atoms with van der Waals surface area (Å²) in [5, 5.41) is 8.87. The van der Waals surface area contributed by atoms with E-state index in [1.54, 1.807) is 12.1 Å². The van der Waals surface area contributed by atoms with Gasteiger partial charge in [-0.3, -0.25) is 9.69 Å². The fourth-order valence-electron chi connectivity index (χ4n) is 2.48. The number of carbonyl (C=O) groups excluding carboxylic acids is 1. The van der Waals surface area contributed by atoms with E-state index < -0.39 is 0 Å². The van der Waals surface area contributed by atoms with Gasteiger partial charge in [-0.1, -0.05) is 0 Å². The number of hydrogen-bond acceptors (Lipinski definition) is 3. The van der Waals surface area contributed by atoms with Gasteiger partial charge in [0.2, 0.25) is 0 Å². The zero-order valence-corrected chi connectivity index (χ0v) is 11.0. The van der Waals surface area contributed by atoms with E-state index in [-0.39, 0.29) is 23.6 Å². The van der Waals surface area contributed by atoms with Gasteiger partial charge in [-0.2, -0.15) is 5.26 Å². The van der Waals surface area contributed by atoms with E-state index in [4.69, 9.17) is 5.26 Å². The third-order valence-corrected chi connectivity index (χ3v) is 3.76. The van der Waals surface area contributed by atoms with E-state index in [0.29, 0.717) is 5.56 Å². The molecule has 1 aromatic rings. The molecule has 0 bridgehead atoms. The van der Waals surface area contributed by atoms with E-state index in [1.165, 1.54) is 12.1 Å². The summed E-state index contributed by atoms with van der Waals surface area (Å²) in [7, 11) is 0. The second-order valence-electron chi connectivity index (χ2n) is 4.99. The highest BCUT2D eigenvalue weighted by atomic mass is 19.1. The van der Waals surface area contributed by atoms with E-state index in [1.807, 2.05) is 6.92 Å². The van der Waals surface area contributed by atoms with Crippen molar-refractivity contribution in [3.63, 3.8) is 0 Å². The monoisotopic (exact) mass is 260 g/mol. The highest BCUT2D eigenvalue weighted by molar-refractivity contribution is 5.97. The topological polar surface area (TPSA) is 44.1 Å². The average Bonchev–Trinajstić information content (AvgIpc) is 2.46. The second-order valence-corrected chi connectivity index (χ2v) is 4.99. The lowest BCUT2D eigenvalue weighted by Crippen LogP contribution is -2.40. The number of nitrogens with zero attached hydrogens (tertiary/aromatic N) is 2. The molecule has 4 heteroatoms. The third kappa shape index (κ3) is 3.18. The summed E-state index contributed by atoms with van der Waals surface area (Å²) in [5.41, 5.74) is 0.577. The molecule has 0 N–H and O–H groups in total. The average molecular weight is 260 g/mol. The van der Waals surface area contributed by atoms with E-state index in [9.17, 15) is 9.18 Å². The Morgan fingerprint density at radius 1 is 1.37 bits per heavy atom. The predicted octanol–water partition coefficient (Wildman–Crippen LogP) is 2.63. The van der Waals surface area contributed by atoms with Crippen molar-refractivity contribution in [2.75, 3.05) is 13.1 Å². The molecule has 0 spiro atoms. The van der Waals surface area contributed by atoms with Crippen LogP contribution in [0.1, 0.15) is 30.1 Å². The predicted molar refractivity (Wildman–Crippen MR) is 70.1 cm³/mol. The molecule has 0 saturated carbocycles. The molecule has 1 fully saturated rings. The molecular weight excluding hydrogens is 243 g/mol. The minimum Gasteiger partial charge on any atom is -0.294 e. The summed E-state index contributed by atoms with van der Waals surface area (Å²) >= 11 is 0.